The molecule has 3 aromatic carbocycles. The van der Waals surface area contributed by atoms with E-state index in [4.69, 9.17) is 4.98 Å². The van der Waals surface area contributed by atoms with Gasteiger partial charge in [0.25, 0.3) is 0 Å². The van der Waals surface area contributed by atoms with Crippen LogP contribution in [0.15, 0.2) is 78.9 Å². The van der Waals surface area contributed by atoms with E-state index in [2.05, 4.69) is 15.5 Å². The van der Waals surface area contributed by atoms with E-state index in [9.17, 15) is 8.78 Å². The number of H-pyrrole nitrogens is 1. The van der Waals surface area contributed by atoms with Crippen LogP contribution in [0.3, 0.4) is 0 Å². The van der Waals surface area contributed by atoms with Crippen molar-refractivity contribution in [2.24, 2.45) is 0 Å². The summed E-state index contributed by atoms with van der Waals surface area (Å²) in [4.78, 5) is 4.97. The maximum absolute atomic E-state index is 13.6. The summed E-state index contributed by atoms with van der Waals surface area (Å²) in [6.45, 7) is 1.93. The molecule has 5 rings (SSSR count). The Balaban J connectivity index is 1.72. The fourth-order valence-corrected chi connectivity index (χ4v) is 3.88. The zero-order chi connectivity index (χ0) is 22.1. The van der Waals surface area contributed by atoms with Crippen molar-refractivity contribution in [3.05, 3.63) is 107 Å². The van der Waals surface area contributed by atoms with Crippen molar-refractivity contribution in [2.45, 2.75) is 13.3 Å². The molecule has 0 saturated heterocycles. The molecular formula is C26H20F2N4. The summed E-state index contributed by atoms with van der Waals surface area (Å²) in [7, 11) is 0. The number of aryl methyl sites for hydroxylation is 1. The Bertz CT molecular complexity index is 1390. The van der Waals surface area contributed by atoms with Gasteiger partial charge in [0, 0.05) is 29.1 Å². The van der Waals surface area contributed by atoms with E-state index in [0.29, 0.717) is 18.1 Å². The van der Waals surface area contributed by atoms with E-state index < -0.39 is 0 Å². The quantitative estimate of drug-likeness (QED) is 0.335. The van der Waals surface area contributed by atoms with Gasteiger partial charge in [0.15, 0.2) is 5.82 Å². The Labute approximate surface area is 184 Å². The van der Waals surface area contributed by atoms with Gasteiger partial charge in [-0.1, -0.05) is 48.5 Å². The molecule has 0 fully saturated rings. The molecule has 0 saturated carbocycles. The van der Waals surface area contributed by atoms with Crippen molar-refractivity contribution >= 4 is 22.4 Å². The summed E-state index contributed by atoms with van der Waals surface area (Å²) in [6, 6.07) is 22.7. The van der Waals surface area contributed by atoms with Crippen molar-refractivity contribution in [3.8, 4) is 11.1 Å². The van der Waals surface area contributed by atoms with Crippen molar-refractivity contribution in [2.75, 3.05) is 5.32 Å². The molecule has 0 aliphatic rings. The minimum atomic E-state index is -0.293. The van der Waals surface area contributed by atoms with Gasteiger partial charge in [-0.05, 0) is 47.7 Å². The number of fused-ring (bicyclic) bond motifs is 1. The zero-order valence-electron chi connectivity index (χ0n) is 17.4. The van der Waals surface area contributed by atoms with E-state index in [-0.39, 0.29) is 11.6 Å². The van der Waals surface area contributed by atoms with E-state index in [1.807, 2.05) is 37.3 Å². The number of halogens is 2. The Kier molecular flexibility index (Phi) is 5.11. The highest BCUT2D eigenvalue weighted by Crippen LogP contribution is 2.36. The molecule has 2 aromatic heterocycles. The largest absolute Gasteiger partial charge is 0.323 e. The molecule has 0 aliphatic carbocycles. The average Bonchev–Trinajstić information content (AvgIpc) is 3.21. The number of rotatable bonds is 5. The van der Waals surface area contributed by atoms with Gasteiger partial charge >= 0.3 is 0 Å². The van der Waals surface area contributed by atoms with Crippen molar-refractivity contribution in [3.63, 3.8) is 0 Å². The zero-order valence-corrected chi connectivity index (χ0v) is 17.4. The van der Waals surface area contributed by atoms with Crippen LogP contribution in [0.25, 0.3) is 21.9 Å². The summed E-state index contributed by atoms with van der Waals surface area (Å²) in [6.07, 6.45) is 0.492. The van der Waals surface area contributed by atoms with Crippen molar-refractivity contribution < 1.29 is 8.78 Å². The van der Waals surface area contributed by atoms with E-state index in [1.165, 1.54) is 24.3 Å². The SMILES string of the molecule is Cc1cc(Nc2nc(Cc3ccc(F)cc3)c(-c3ccc(F)cc3)c3ccccc23)n[nH]1. The highest BCUT2D eigenvalue weighted by Gasteiger charge is 2.17. The Hall–Kier alpha value is -4.06. The maximum Gasteiger partial charge on any atom is 0.153 e. The number of benzene rings is 3. The minimum absolute atomic E-state index is 0.282. The van der Waals surface area contributed by atoms with Crippen LogP contribution in [-0.2, 0) is 6.42 Å². The third-order valence-corrected chi connectivity index (χ3v) is 5.36. The number of pyridine rings is 1. The average molecular weight is 426 g/mol. The molecule has 2 N–H and O–H groups in total. The van der Waals surface area contributed by atoms with Crippen LogP contribution in [0.2, 0.25) is 0 Å². The van der Waals surface area contributed by atoms with Gasteiger partial charge in [0.1, 0.15) is 17.5 Å². The lowest BCUT2D eigenvalue weighted by atomic mass is 9.94. The first-order chi connectivity index (χ1) is 15.6. The van der Waals surface area contributed by atoms with Crippen molar-refractivity contribution in [1.82, 2.24) is 15.2 Å². The van der Waals surface area contributed by atoms with Gasteiger partial charge in [0.2, 0.25) is 0 Å². The Morgan fingerprint density at radius 3 is 2.16 bits per heavy atom. The second-order valence-corrected chi connectivity index (χ2v) is 7.70. The molecule has 4 nitrogen and oxygen atoms in total. The number of hydrogen-bond acceptors (Lipinski definition) is 3. The van der Waals surface area contributed by atoms with Crippen LogP contribution in [0, 0.1) is 18.6 Å². The standard InChI is InChI=1S/C26H20F2N4/c1-16-14-24(32-31-16)30-26-22-5-3-2-4-21(22)25(18-8-12-20(28)13-9-18)23(29-26)15-17-6-10-19(27)11-7-17/h2-14H,15H2,1H3,(H2,29,30,31,32). The van der Waals surface area contributed by atoms with Gasteiger partial charge in [-0.3, -0.25) is 5.10 Å². The molecular weight excluding hydrogens is 406 g/mol. The number of hydrogen-bond donors (Lipinski definition) is 2. The van der Waals surface area contributed by atoms with Gasteiger partial charge in [-0.15, -0.1) is 0 Å². The molecule has 6 heteroatoms. The second-order valence-electron chi connectivity index (χ2n) is 7.70. The summed E-state index contributed by atoms with van der Waals surface area (Å²) in [5.41, 5.74) is 4.46. The molecule has 0 amide bonds. The summed E-state index contributed by atoms with van der Waals surface area (Å²) >= 11 is 0. The Morgan fingerprint density at radius 2 is 1.50 bits per heavy atom. The predicted molar refractivity (Wildman–Crippen MR) is 123 cm³/mol. The number of anilines is 2. The normalized spacial score (nSPS) is 11.1. The first-order valence-corrected chi connectivity index (χ1v) is 10.3. The monoisotopic (exact) mass is 426 g/mol. The summed E-state index contributed by atoms with van der Waals surface area (Å²) < 4.78 is 27.1. The highest BCUT2D eigenvalue weighted by atomic mass is 19.1. The lowest BCUT2D eigenvalue weighted by Gasteiger charge is -2.17. The number of aromatic amines is 1. The minimum Gasteiger partial charge on any atom is -0.323 e. The van der Waals surface area contributed by atoms with Gasteiger partial charge in [0.05, 0.1) is 5.69 Å². The highest BCUT2D eigenvalue weighted by molar-refractivity contribution is 6.03. The lowest BCUT2D eigenvalue weighted by Crippen LogP contribution is -2.03. The molecule has 0 aliphatic heterocycles. The number of aromatic nitrogens is 3. The van der Waals surface area contributed by atoms with Crippen LogP contribution in [0.5, 0.6) is 0 Å². The molecule has 158 valence electrons. The number of nitrogens with zero attached hydrogens (tertiary/aromatic N) is 2. The fraction of sp³-hybridized carbons (Fsp3) is 0.0769. The topological polar surface area (TPSA) is 53.6 Å². The van der Waals surface area contributed by atoms with Gasteiger partial charge in [-0.25, -0.2) is 13.8 Å². The molecule has 5 aromatic rings. The van der Waals surface area contributed by atoms with Gasteiger partial charge < -0.3 is 5.32 Å². The van der Waals surface area contributed by atoms with Crippen LogP contribution in [-0.4, -0.2) is 15.2 Å². The van der Waals surface area contributed by atoms with E-state index in [0.717, 1.165) is 38.9 Å². The third-order valence-electron chi connectivity index (χ3n) is 5.36. The first kappa shape index (κ1) is 19.9. The molecule has 0 radical (unpaired) electrons. The molecule has 32 heavy (non-hydrogen) atoms. The second kappa shape index (κ2) is 8.23. The summed E-state index contributed by atoms with van der Waals surface area (Å²) in [5, 5.41) is 12.4. The Morgan fingerprint density at radius 1 is 0.844 bits per heavy atom. The van der Waals surface area contributed by atoms with Gasteiger partial charge in [-0.2, -0.15) is 5.10 Å². The molecule has 0 atom stereocenters. The van der Waals surface area contributed by atoms with E-state index >= 15 is 0 Å². The van der Waals surface area contributed by atoms with Crippen LogP contribution in [0.1, 0.15) is 17.0 Å². The van der Waals surface area contributed by atoms with Crippen LogP contribution < -0.4 is 5.32 Å². The third kappa shape index (κ3) is 3.95. The lowest BCUT2D eigenvalue weighted by molar-refractivity contribution is 0.627. The van der Waals surface area contributed by atoms with Crippen molar-refractivity contribution in [1.29, 1.82) is 0 Å². The summed E-state index contributed by atoms with van der Waals surface area (Å²) in [5.74, 6) is 0.769. The fourth-order valence-electron chi connectivity index (χ4n) is 3.88. The van der Waals surface area contributed by atoms with Crippen LogP contribution in [0.4, 0.5) is 20.4 Å². The van der Waals surface area contributed by atoms with E-state index in [1.54, 1.807) is 24.3 Å². The molecule has 0 bridgehead atoms. The maximum atomic E-state index is 13.6. The smallest absolute Gasteiger partial charge is 0.153 e. The molecule has 2 heterocycles. The number of nitrogens with one attached hydrogen (secondary N) is 2. The molecule has 0 unspecified atom stereocenters. The molecule has 0 spiro atoms. The van der Waals surface area contributed by atoms with Crippen LogP contribution >= 0.6 is 0 Å². The predicted octanol–water partition coefficient (Wildman–Crippen LogP) is 6.55. The first-order valence-electron chi connectivity index (χ1n) is 10.3.